The van der Waals surface area contributed by atoms with Crippen molar-refractivity contribution in [3.8, 4) is 0 Å². The molecule has 10 aliphatic rings. The molecule has 13 rings (SSSR count). The van der Waals surface area contributed by atoms with Crippen LogP contribution in [0.25, 0.3) is 24.4 Å². The summed E-state index contributed by atoms with van der Waals surface area (Å²) >= 11 is 5.52. The van der Waals surface area contributed by atoms with E-state index < -0.39 is 0 Å². The minimum Gasteiger partial charge on any atom is -0.292 e. The number of nitrogens with zero attached hydrogens (tertiary/aromatic N) is 2. The molecule has 8 atom stereocenters. The topological polar surface area (TPSA) is 93.0 Å². The first-order valence-corrected chi connectivity index (χ1v) is 26.1. The van der Waals surface area contributed by atoms with Crippen LogP contribution < -0.4 is 0 Å². The van der Waals surface area contributed by atoms with Crippen LogP contribution in [0.4, 0.5) is 5.00 Å². The van der Waals surface area contributed by atoms with Gasteiger partial charge in [-0.1, -0.05) is 89.9 Å². The molecule has 9 heteroatoms. The molecule has 0 amide bonds. The van der Waals surface area contributed by atoms with Crippen LogP contribution in [0.3, 0.4) is 0 Å². The molecule has 0 aromatic carbocycles. The lowest BCUT2D eigenvalue weighted by atomic mass is 9.64. The van der Waals surface area contributed by atoms with Crippen LogP contribution in [0.5, 0.6) is 0 Å². The Kier molecular flexibility index (Phi) is 8.29. The van der Waals surface area contributed by atoms with E-state index in [2.05, 4.69) is 12.1 Å². The molecule has 10 aliphatic carbocycles. The maximum atomic E-state index is 14.3. The number of carbonyl (C=O) groups excluding carboxylic acids is 4. The summed E-state index contributed by atoms with van der Waals surface area (Å²) < 4.78 is 5.21. The molecule has 8 saturated carbocycles. The van der Waals surface area contributed by atoms with Crippen LogP contribution in [0.15, 0.2) is 33.4 Å². The molecule has 6 nitrogen and oxygen atoms in total. The largest absolute Gasteiger partial charge is 0.292 e. The van der Waals surface area contributed by atoms with E-state index in [1.54, 1.807) is 16.9 Å². The van der Waals surface area contributed by atoms with E-state index in [1.165, 1.54) is 112 Å². The Balaban J connectivity index is 0.885. The summed E-state index contributed by atoms with van der Waals surface area (Å²) in [6, 6.07) is 2.15. The number of Topliss-reactive ketones (excluding diaryl/α,β-unsaturated/α-hetero) is 4. The van der Waals surface area contributed by atoms with Gasteiger partial charge >= 0.3 is 0 Å². The van der Waals surface area contributed by atoms with Gasteiger partial charge in [-0.2, -0.15) is 0 Å². The lowest BCUT2D eigenvalue weighted by Crippen LogP contribution is -2.35. The monoisotopic (exact) mass is 842 g/mol. The van der Waals surface area contributed by atoms with E-state index >= 15 is 0 Å². The molecule has 0 radical (unpaired) electrons. The Bertz CT molecular complexity index is 2460. The highest BCUT2D eigenvalue weighted by Gasteiger charge is 2.59. The van der Waals surface area contributed by atoms with Crippen LogP contribution in [0.1, 0.15) is 152 Å². The van der Waals surface area contributed by atoms with Gasteiger partial charge in [-0.25, -0.2) is 9.98 Å². The second-order valence-electron chi connectivity index (χ2n) is 20.8. The predicted molar refractivity (Wildman–Crippen MR) is 238 cm³/mol. The Morgan fingerprint density at radius 3 is 1.53 bits per heavy atom. The van der Waals surface area contributed by atoms with Crippen molar-refractivity contribution in [2.24, 2.45) is 62.7 Å². The molecule has 0 bridgehead atoms. The third kappa shape index (κ3) is 5.07. The molecule has 306 valence electrons. The fourth-order valence-electron chi connectivity index (χ4n) is 15.4. The van der Waals surface area contributed by atoms with Crippen molar-refractivity contribution in [2.45, 2.75) is 147 Å². The SMILES string of the molecule is O=C1C(=NC2=CC3=C(c4sc5c(sc6cc(N=C7C(=O)C8CC9CCCCC9CC8C7=O)sc65)c4C34CCCCC4)C23CCCCC3)C(=O)C2CC3CCCCC3CC12. The summed E-state index contributed by atoms with van der Waals surface area (Å²) in [6.07, 6.45) is 27.3. The first kappa shape index (κ1) is 36.7. The smallest absolute Gasteiger partial charge is 0.188 e. The Labute approximate surface area is 358 Å². The van der Waals surface area contributed by atoms with E-state index in [4.69, 9.17) is 9.98 Å². The lowest BCUT2D eigenvalue weighted by Gasteiger charge is -2.39. The molecule has 3 aromatic rings. The predicted octanol–water partition coefficient (Wildman–Crippen LogP) is 12.5. The van der Waals surface area contributed by atoms with Gasteiger partial charge in [0.15, 0.2) is 28.8 Å². The number of thiophene rings is 3. The van der Waals surface area contributed by atoms with Crippen molar-refractivity contribution in [1.82, 2.24) is 0 Å². The standard InChI is InChI=1S/C50H54N2O4S3/c53-41-29-19-25-11-3-4-12-26(25)20-30(29)42(54)39(41)51-35-23-33-37(50(35)17-9-2-10-18-50)46-38(49(33)15-7-1-8-16-49)47-48(59-46)45-34(57-47)24-36(58-45)52-40-43(55)31-21-27-13-5-6-14-28(27)22-32(31)44(40)56/h23-32H,1-22H2. The summed E-state index contributed by atoms with van der Waals surface area (Å²) in [7, 11) is 0. The van der Waals surface area contributed by atoms with Crippen LogP contribution in [0, 0.1) is 52.8 Å². The number of ketones is 4. The number of hydrogen-bond donors (Lipinski definition) is 0. The van der Waals surface area contributed by atoms with Crippen molar-refractivity contribution in [1.29, 1.82) is 0 Å². The highest BCUT2D eigenvalue weighted by Crippen LogP contribution is 2.71. The average molecular weight is 843 g/mol. The molecule has 0 saturated heterocycles. The van der Waals surface area contributed by atoms with Gasteiger partial charge in [0.2, 0.25) is 0 Å². The van der Waals surface area contributed by atoms with Gasteiger partial charge in [-0.15, -0.1) is 34.0 Å². The van der Waals surface area contributed by atoms with E-state index in [1.807, 2.05) is 22.7 Å². The second-order valence-corrected chi connectivity index (χ2v) is 23.9. The number of rotatable bonds is 2. The lowest BCUT2D eigenvalue weighted by molar-refractivity contribution is -0.123. The number of fused-ring (bicyclic) bond motifs is 13. The van der Waals surface area contributed by atoms with E-state index in [0.717, 1.165) is 74.9 Å². The quantitative estimate of drug-likeness (QED) is 0.257. The van der Waals surface area contributed by atoms with Crippen molar-refractivity contribution < 1.29 is 19.2 Å². The highest BCUT2D eigenvalue weighted by atomic mass is 32.1. The van der Waals surface area contributed by atoms with Gasteiger partial charge in [-0.05, 0) is 104 Å². The molecular weight excluding hydrogens is 789 g/mol. The Morgan fingerprint density at radius 2 is 1.00 bits per heavy atom. The van der Waals surface area contributed by atoms with Crippen LogP contribution in [-0.4, -0.2) is 34.6 Å². The van der Waals surface area contributed by atoms with Gasteiger partial charge in [0, 0.05) is 44.1 Å². The first-order chi connectivity index (χ1) is 28.8. The number of carbonyl (C=O) groups is 4. The zero-order valence-electron chi connectivity index (χ0n) is 34.1. The number of allylic oxidation sites excluding steroid dienone is 3. The third-order valence-electron chi connectivity index (χ3n) is 18.2. The molecule has 8 fully saturated rings. The van der Waals surface area contributed by atoms with Crippen LogP contribution in [0.2, 0.25) is 0 Å². The summed E-state index contributed by atoms with van der Waals surface area (Å²) in [5, 5.41) is 0.789. The van der Waals surface area contributed by atoms with Crippen molar-refractivity contribution >= 4 is 97.9 Å². The summed E-state index contributed by atoms with van der Waals surface area (Å²) in [5.41, 5.74) is 5.70. The molecule has 59 heavy (non-hydrogen) atoms. The molecular formula is C50H54N2O4S3. The minimum atomic E-state index is -0.255. The van der Waals surface area contributed by atoms with Crippen LogP contribution >= 0.6 is 34.0 Å². The summed E-state index contributed by atoms with van der Waals surface area (Å²) in [4.78, 5) is 67.9. The zero-order valence-corrected chi connectivity index (χ0v) is 36.5. The molecule has 0 aliphatic heterocycles. The molecule has 3 heterocycles. The molecule has 2 spiro atoms. The number of hydrogen-bond acceptors (Lipinski definition) is 9. The Hall–Kier alpha value is -2.88. The van der Waals surface area contributed by atoms with E-state index in [-0.39, 0.29) is 69.1 Å². The molecule has 3 aromatic heterocycles. The van der Waals surface area contributed by atoms with Crippen LogP contribution in [-0.2, 0) is 24.6 Å². The number of aliphatic imine (C=N–C) groups is 2. The minimum absolute atomic E-state index is 0.00315. The van der Waals surface area contributed by atoms with Gasteiger partial charge < -0.3 is 0 Å². The highest BCUT2D eigenvalue weighted by molar-refractivity contribution is 7.40. The fraction of sp³-hybridized carbons (Fsp3) is 0.640. The van der Waals surface area contributed by atoms with Gasteiger partial charge in [0.05, 0.1) is 19.8 Å². The van der Waals surface area contributed by atoms with Gasteiger partial charge in [-0.3, -0.25) is 19.2 Å². The van der Waals surface area contributed by atoms with E-state index in [9.17, 15) is 19.2 Å². The normalized spacial score (nSPS) is 35.7. The second kappa shape index (κ2) is 13.3. The fourth-order valence-corrected chi connectivity index (χ4v) is 19.9. The van der Waals surface area contributed by atoms with Gasteiger partial charge in [0.1, 0.15) is 10.7 Å². The average Bonchev–Trinajstić information content (AvgIpc) is 4.10. The van der Waals surface area contributed by atoms with E-state index in [0.29, 0.717) is 23.7 Å². The Morgan fingerprint density at radius 1 is 0.508 bits per heavy atom. The van der Waals surface area contributed by atoms with Crippen molar-refractivity contribution in [3.05, 3.63) is 33.9 Å². The first-order valence-electron chi connectivity index (χ1n) is 23.6. The molecule has 8 unspecified atom stereocenters. The third-order valence-corrected chi connectivity index (χ3v) is 22.0. The van der Waals surface area contributed by atoms with Gasteiger partial charge in [0.25, 0.3) is 0 Å². The zero-order chi connectivity index (χ0) is 39.4. The maximum absolute atomic E-state index is 14.3. The summed E-state index contributed by atoms with van der Waals surface area (Å²) in [6.45, 7) is 0. The maximum Gasteiger partial charge on any atom is 0.188 e. The van der Waals surface area contributed by atoms with Crippen molar-refractivity contribution in [3.63, 3.8) is 0 Å². The molecule has 0 N–H and O–H groups in total. The van der Waals surface area contributed by atoms with Crippen molar-refractivity contribution in [2.75, 3.05) is 0 Å². The summed E-state index contributed by atoms with van der Waals surface area (Å²) in [5.74, 6) is 1.83.